The molecule has 5 heteroatoms. The summed E-state index contributed by atoms with van der Waals surface area (Å²) in [6, 6.07) is 9.74. The van der Waals surface area contributed by atoms with Crippen molar-refractivity contribution in [3.8, 4) is 0 Å². The first-order valence-corrected chi connectivity index (χ1v) is 8.52. The lowest BCUT2D eigenvalue weighted by Gasteiger charge is -2.14. The summed E-state index contributed by atoms with van der Waals surface area (Å²) < 4.78 is 5.04. The zero-order valence-corrected chi connectivity index (χ0v) is 14.4. The van der Waals surface area contributed by atoms with Crippen molar-refractivity contribution in [1.29, 1.82) is 0 Å². The molecule has 1 aromatic carbocycles. The van der Waals surface area contributed by atoms with Gasteiger partial charge in [-0.3, -0.25) is 4.99 Å². The van der Waals surface area contributed by atoms with E-state index in [0.29, 0.717) is 13.0 Å². The molecule has 23 heavy (non-hydrogen) atoms. The maximum Gasteiger partial charge on any atom is 0.191 e. The monoisotopic (exact) mass is 321 g/mol. The fourth-order valence-corrected chi connectivity index (χ4v) is 2.24. The van der Waals surface area contributed by atoms with Crippen LogP contribution in [0.25, 0.3) is 0 Å². The van der Waals surface area contributed by atoms with E-state index in [9.17, 15) is 5.11 Å². The Morgan fingerprint density at radius 1 is 1.17 bits per heavy atom. The van der Waals surface area contributed by atoms with Crippen molar-refractivity contribution in [2.45, 2.75) is 38.7 Å². The van der Waals surface area contributed by atoms with Crippen molar-refractivity contribution in [2.24, 2.45) is 4.99 Å². The van der Waals surface area contributed by atoms with Crippen molar-refractivity contribution in [1.82, 2.24) is 10.6 Å². The number of hydrogen-bond donors (Lipinski definition) is 3. The van der Waals surface area contributed by atoms with E-state index in [-0.39, 0.29) is 0 Å². The van der Waals surface area contributed by atoms with Gasteiger partial charge in [-0.1, -0.05) is 30.3 Å². The molecule has 1 rings (SSSR count). The number of guanidine groups is 1. The summed E-state index contributed by atoms with van der Waals surface area (Å²) in [4.78, 5) is 4.55. The van der Waals surface area contributed by atoms with Gasteiger partial charge in [-0.25, -0.2) is 0 Å². The number of benzene rings is 1. The van der Waals surface area contributed by atoms with Crippen LogP contribution in [0.15, 0.2) is 35.3 Å². The molecule has 0 spiro atoms. The number of aliphatic imine (C=N–C) groups is 1. The van der Waals surface area contributed by atoms with Crippen LogP contribution in [0, 0.1) is 0 Å². The molecule has 0 amide bonds. The van der Waals surface area contributed by atoms with Gasteiger partial charge in [0.1, 0.15) is 0 Å². The smallest absolute Gasteiger partial charge is 0.191 e. The lowest BCUT2D eigenvalue weighted by atomic mass is 10.1. The Bertz CT molecular complexity index is 424. The van der Waals surface area contributed by atoms with E-state index in [2.05, 4.69) is 22.5 Å². The third-order valence-corrected chi connectivity index (χ3v) is 3.52. The molecule has 0 saturated carbocycles. The molecule has 0 aromatic heterocycles. The molecule has 1 aromatic rings. The van der Waals surface area contributed by atoms with Crippen molar-refractivity contribution < 1.29 is 9.84 Å². The number of aliphatic hydroxyl groups is 1. The molecule has 0 aliphatic rings. The molecule has 0 fully saturated rings. The van der Waals surface area contributed by atoms with Crippen LogP contribution >= 0.6 is 0 Å². The van der Waals surface area contributed by atoms with Gasteiger partial charge in [0.15, 0.2) is 5.96 Å². The van der Waals surface area contributed by atoms with Crippen LogP contribution in [0.2, 0.25) is 0 Å². The first-order chi connectivity index (χ1) is 11.3. The second-order valence-corrected chi connectivity index (χ2v) is 5.46. The highest BCUT2D eigenvalue weighted by molar-refractivity contribution is 5.79. The Morgan fingerprint density at radius 2 is 1.96 bits per heavy atom. The summed E-state index contributed by atoms with van der Waals surface area (Å²) in [6.07, 6.45) is 3.48. The van der Waals surface area contributed by atoms with Crippen molar-refractivity contribution in [3.05, 3.63) is 35.9 Å². The molecule has 0 heterocycles. The lowest BCUT2D eigenvalue weighted by molar-refractivity contribution is 0.168. The van der Waals surface area contributed by atoms with Crippen LogP contribution in [0.4, 0.5) is 0 Å². The first-order valence-electron chi connectivity index (χ1n) is 8.52. The van der Waals surface area contributed by atoms with E-state index < -0.39 is 6.10 Å². The molecule has 1 atom stereocenters. The van der Waals surface area contributed by atoms with Crippen molar-refractivity contribution in [3.63, 3.8) is 0 Å². The minimum atomic E-state index is -0.444. The average Bonchev–Trinajstić information content (AvgIpc) is 2.58. The van der Waals surface area contributed by atoms with E-state index in [1.54, 1.807) is 7.11 Å². The molecule has 0 radical (unpaired) electrons. The van der Waals surface area contributed by atoms with Gasteiger partial charge in [0.25, 0.3) is 0 Å². The summed E-state index contributed by atoms with van der Waals surface area (Å²) in [5.41, 5.74) is 0.953. The van der Waals surface area contributed by atoms with E-state index in [4.69, 9.17) is 4.74 Å². The third kappa shape index (κ3) is 9.21. The zero-order chi connectivity index (χ0) is 16.8. The topological polar surface area (TPSA) is 65.9 Å². The van der Waals surface area contributed by atoms with Crippen LogP contribution in [0.1, 0.15) is 44.3 Å². The van der Waals surface area contributed by atoms with Gasteiger partial charge in [-0.05, 0) is 38.2 Å². The quantitative estimate of drug-likeness (QED) is 0.333. The maximum absolute atomic E-state index is 10.1. The number of methoxy groups -OCH3 is 1. The number of nitrogens with one attached hydrogen (secondary N) is 2. The summed E-state index contributed by atoms with van der Waals surface area (Å²) in [5.74, 6) is 0.819. The number of aliphatic hydroxyl groups excluding tert-OH is 1. The van der Waals surface area contributed by atoms with E-state index in [0.717, 1.165) is 50.5 Å². The molecule has 0 bridgehead atoms. The highest BCUT2D eigenvalue weighted by Gasteiger charge is 2.06. The van der Waals surface area contributed by atoms with Crippen LogP contribution in [0.5, 0.6) is 0 Å². The summed E-state index contributed by atoms with van der Waals surface area (Å²) in [5, 5.41) is 16.7. The molecular weight excluding hydrogens is 290 g/mol. The third-order valence-electron chi connectivity index (χ3n) is 3.52. The molecule has 0 aliphatic carbocycles. The maximum atomic E-state index is 10.1. The van der Waals surface area contributed by atoms with Crippen LogP contribution < -0.4 is 10.6 Å². The Morgan fingerprint density at radius 3 is 2.65 bits per heavy atom. The van der Waals surface area contributed by atoms with Gasteiger partial charge in [-0.15, -0.1) is 0 Å². The molecule has 130 valence electrons. The van der Waals surface area contributed by atoms with Crippen LogP contribution in [-0.4, -0.2) is 44.4 Å². The van der Waals surface area contributed by atoms with Crippen LogP contribution in [0.3, 0.4) is 0 Å². The average molecular weight is 321 g/mol. The van der Waals surface area contributed by atoms with Gasteiger partial charge in [0.2, 0.25) is 0 Å². The van der Waals surface area contributed by atoms with Crippen molar-refractivity contribution in [2.75, 3.05) is 33.4 Å². The number of rotatable bonds is 11. The Kier molecular flexibility index (Phi) is 10.9. The SMILES string of the molecule is CCNC(=NCCCCCOC)NCCC(O)c1ccccc1. The van der Waals surface area contributed by atoms with Gasteiger partial charge < -0.3 is 20.5 Å². The second-order valence-electron chi connectivity index (χ2n) is 5.46. The van der Waals surface area contributed by atoms with E-state index >= 15 is 0 Å². The Labute approximate surface area is 140 Å². The van der Waals surface area contributed by atoms with Gasteiger partial charge in [-0.2, -0.15) is 0 Å². The fraction of sp³-hybridized carbons (Fsp3) is 0.611. The molecule has 1 unspecified atom stereocenters. The number of unbranched alkanes of at least 4 members (excludes halogenated alkanes) is 2. The van der Waals surface area contributed by atoms with E-state index in [1.807, 2.05) is 30.3 Å². The fourth-order valence-electron chi connectivity index (χ4n) is 2.24. The molecule has 3 N–H and O–H groups in total. The zero-order valence-electron chi connectivity index (χ0n) is 14.4. The summed E-state index contributed by atoms with van der Waals surface area (Å²) in [7, 11) is 1.73. The van der Waals surface area contributed by atoms with Crippen LogP contribution in [-0.2, 0) is 4.74 Å². The summed E-state index contributed by atoms with van der Waals surface area (Å²) in [6.45, 7) is 5.19. The molecular formula is C18H31N3O2. The normalized spacial score (nSPS) is 12.9. The number of hydrogen-bond acceptors (Lipinski definition) is 3. The lowest BCUT2D eigenvalue weighted by Crippen LogP contribution is -2.38. The minimum Gasteiger partial charge on any atom is -0.388 e. The Balaban J connectivity index is 2.26. The second kappa shape index (κ2) is 12.9. The summed E-state index contributed by atoms with van der Waals surface area (Å²) >= 11 is 0. The standard InChI is InChI=1S/C18H31N3O2/c1-3-19-18(20-13-8-5-9-15-23-2)21-14-12-17(22)16-10-6-4-7-11-16/h4,6-7,10-11,17,22H,3,5,8-9,12-15H2,1-2H3,(H2,19,20,21). The van der Waals surface area contributed by atoms with Gasteiger partial charge in [0.05, 0.1) is 6.10 Å². The predicted molar refractivity (Wildman–Crippen MR) is 95.7 cm³/mol. The Hall–Kier alpha value is -1.59. The van der Waals surface area contributed by atoms with Gasteiger partial charge >= 0.3 is 0 Å². The van der Waals surface area contributed by atoms with Crippen molar-refractivity contribution >= 4 is 5.96 Å². The highest BCUT2D eigenvalue weighted by atomic mass is 16.5. The largest absolute Gasteiger partial charge is 0.388 e. The minimum absolute atomic E-state index is 0.444. The number of ether oxygens (including phenoxy) is 1. The molecule has 0 aliphatic heterocycles. The number of nitrogens with zero attached hydrogens (tertiary/aromatic N) is 1. The highest BCUT2D eigenvalue weighted by Crippen LogP contribution is 2.14. The van der Waals surface area contributed by atoms with E-state index in [1.165, 1.54) is 0 Å². The predicted octanol–water partition coefficient (Wildman–Crippen LogP) is 2.48. The molecule has 0 saturated heterocycles. The van der Waals surface area contributed by atoms with Gasteiger partial charge in [0, 0.05) is 33.4 Å². The first kappa shape index (κ1) is 19.5. The molecule has 5 nitrogen and oxygen atoms in total.